The molecule has 3 amide bonds. The maximum atomic E-state index is 13.4. The maximum absolute atomic E-state index is 13.4. The van der Waals surface area contributed by atoms with E-state index in [0.29, 0.717) is 23.0 Å². The van der Waals surface area contributed by atoms with Crippen LogP contribution >= 0.6 is 11.8 Å². The van der Waals surface area contributed by atoms with Gasteiger partial charge in [0, 0.05) is 5.56 Å². The van der Waals surface area contributed by atoms with Crippen LogP contribution in [0.4, 0.5) is 10.5 Å². The molecule has 3 aromatic rings. The molecule has 1 aromatic heterocycles. The minimum atomic E-state index is -0.506. The molecule has 5 rings (SSSR count). The van der Waals surface area contributed by atoms with Crippen LogP contribution in [-0.4, -0.2) is 44.7 Å². The number of aryl methyl sites for hydroxylation is 1. The van der Waals surface area contributed by atoms with Gasteiger partial charge in [0.25, 0.3) is 5.89 Å². The van der Waals surface area contributed by atoms with Gasteiger partial charge in [-0.1, -0.05) is 28.9 Å². The smallest absolute Gasteiger partial charge is 0.497 e. The fourth-order valence-electron chi connectivity index (χ4n) is 3.69. The standard InChI is InChI=1S/C23H19N4O4S/c1-14-4-3-5-15(12-14)21-24-19(31-25-21)13-26-18-10-11-32-20(18)22(28)27(23(26)29)16-6-8-17(30-2)9-7-16/h3-12,20H,13H2,1-2H3/q+1. The van der Waals surface area contributed by atoms with Crippen LogP contribution in [0.3, 0.4) is 0 Å². The Labute approximate surface area is 188 Å². The molecular formula is C23H19N4O4S+. The summed E-state index contributed by atoms with van der Waals surface area (Å²) in [4.78, 5) is 32.2. The second kappa shape index (κ2) is 8.08. The van der Waals surface area contributed by atoms with Gasteiger partial charge in [0.15, 0.2) is 11.8 Å². The molecule has 1 atom stereocenters. The number of fused-ring (bicyclic) bond motifs is 1. The lowest BCUT2D eigenvalue weighted by Crippen LogP contribution is -2.55. The van der Waals surface area contributed by atoms with Crippen molar-refractivity contribution in [3.8, 4) is 17.1 Å². The minimum Gasteiger partial charge on any atom is -0.497 e. The van der Waals surface area contributed by atoms with Crippen molar-refractivity contribution in [2.75, 3.05) is 12.0 Å². The maximum Gasteiger partial charge on any atom is 0.506 e. The predicted molar refractivity (Wildman–Crippen MR) is 120 cm³/mol. The molecule has 2 aromatic carbocycles. The van der Waals surface area contributed by atoms with E-state index < -0.39 is 11.3 Å². The van der Waals surface area contributed by atoms with Crippen LogP contribution < -0.4 is 9.64 Å². The molecule has 0 aliphatic carbocycles. The Morgan fingerprint density at radius 3 is 2.75 bits per heavy atom. The molecule has 32 heavy (non-hydrogen) atoms. The van der Waals surface area contributed by atoms with Crippen molar-refractivity contribution in [1.29, 1.82) is 0 Å². The van der Waals surface area contributed by atoms with Crippen LogP contribution in [0, 0.1) is 6.92 Å². The lowest BCUT2D eigenvalue weighted by Gasteiger charge is -2.23. The molecule has 0 fully saturated rings. The summed E-state index contributed by atoms with van der Waals surface area (Å²) in [7, 11) is 1.56. The molecule has 2 aliphatic rings. The number of imide groups is 1. The number of allylic oxidation sites excluding steroid dienone is 1. The third-order valence-electron chi connectivity index (χ3n) is 5.27. The Hall–Kier alpha value is -3.72. The van der Waals surface area contributed by atoms with E-state index in [0.717, 1.165) is 11.1 Å². The highest BCUT2D eigenvalue weighted by Gasteiger charge is 2.50. The molecule has 0 N–H and O–H groups in total. The SMILES string of the molecule is COc1ccc(N2C(=O)C3SC=CC3=[N+](Cc3nc(-c4cccc(C)c4)no3)C2=O)cc1. The monoisotopic (exact) mass is 447 g/mol. The number of rotatable bonds is 5. The van der Waals surface area contributed by atoms with Crippen molar-refractivity contribution >= 4 is 35.1 Å². The summed E-state index contributed by atoms with van der Waals surface area (Å²) >= 11 is 1.37. The number of anilines is 1. The lowest BCUT2D eigenvalue weighted by atomic mass is 10.1. The normalized spacial score (nSPS) is 17.8. The Bertz CT molecular complexity index is 1280. The van der Waals surface area contributed by atoms with E-state index in [1.54, 1.807) is 37.5 Å². The number of urea groups is 1. The number of methoxy groups -OCH3 is 1. The molecule has 2 aliphatic heterocycles. The van der Waals surface area contributed by atoms with Gasteiger partial charge in [-0.25, -0.2) is 4.79 Å². The number of nitrogens with zero attached hydrogens (tertiary/aromatic N) is 4. The molecule has 0 saturated carbocycles. The highest BCUT2D eigenvalue weighted by molar-refractivity contribution is 8.04. The van der Waals surface area contributed by atoms with E-state index in [1.165, 1.54) is 21.2 Å². The van der Waals surface area contributed by atoms with E-state index in [9.17, 15) is 9.59 Å². The quantitative estimate of drug-likeness (QED) is 0.550. The second-order valence-corrected chi connectivity index (χ2v) is 8.38. The average molecular weight is 447 g/mol. The fourth-order valence-corrected chi connectivity index (χ4v) is 4.63. The summed E-state index contributed by atoms with van der Waals surface area (Å²) in [6.45, 7) is 2.05. The van der Waals surface area contributed by atoms with Crippen LogP contribution in [0.15, 0.2) is 64.5 Å². The highest BCUT2D eigenvalue weighted by atomic mass is 32.2. The molecule has 0 saturated heterocycles. The van der Waals surface area contributed by atoms with Gasteiger partial charge in [-0.15, -0.1) is 16.7 Å². The number of carbonyl (C=O) groups excluding carboxylic acids is 2. The minimum absolute atomic E-state index is 0.0638. The number of thioether (sulfide) groups is 1. The third-order valence-corrected chi connectivity index (χ3v) is 6.28. The van der Waals surface area contributed by atoms with Crippen LogP contribution in [0.5, 0.6) is 5.75 Å². The van der Waals surface area contributed by atoms with E-state index in [2.05, 4.69) is 10.1 Å². The van der Waals surface area contributed by atoms with Gasteiger partial charge in [0.05, 0.1) is 7.11 Å². The van der Waals surface area contributed by atoms with E-state index in [4.69, 9.17) is 9.26 Å². The number of hydrogen-bond acceptors (Lipinski definition) is 7. The summed E-state index contributed by atoms with van der Waals surface area (Å²) in [5.74, 6) is 1.10. The first kappa shape index (κ1) is 20.2. The van der Waals surface area contributed by atoms with Crippen molar-refractivity contribution in [1.82, 2.24) is 10.1 Å². The number of ether oxygens (including phenoxy) is 1. The molecule has 1 unspecified atom stereocenters. The average Bonchev–Trinajstić information content (AvgIpc) is 3.47. The Morgan fingerprint density at radius 1 is 1.19 bits per heavy atom. The summed E-state index contributed by atoms with van der Waals surface area (Å²) in [5, 5.41) is 5.38. The van der Waals surface area contributed by atoms with Crippen molar-refractivity contribution < 1.29 is 23.4 Å². The van der Waals surface area contributed by atoms with Gasteiger partial charge in [-0.2, -0.15) is 14.4 Å². The Kier molecular flexibility index (Phi) is 5.10. The van der Waals surface area contributed by atoms with Gasteiger partial charge in [-0.3, -0.25) is 0 Å². The summed E-state index contributed by atoms with van der Waals surface area (Å²) in [6.07, 6.45) is 1.79. The van der Waals surface area contributed by atoms with Crippen LogP contribution in [-0.2, 0) is 11.3 Å². The Balaban J connectivity index is 1.48. The Morgan fingerprint density at radius 2 is 2.00 bits per heavy atom. The molecule has 0 radical (unpaired) electrons. The van der Waals surface area contributed by atoms with Crippen LogP contribution in [0.25, 0.3) is 11.4 Å². The van der Waals surface area contributed by atoms with Gasteiger partial charge >= 0.3 is 11.9 Å². The van der Waals surface area contributed by atoms with Gasteiger partial charge in [0.2, 0.25) is 5.82 Å². The number of hydrogen-bond donors (Lipinski definition) is 0. The van der Waals surface area contributed by atoms with Crippen molar-refractivity contribution in [3.63, 3.8) is 0 Å². The molecule has 160 valence electrons. The first-order valence-corrected chi connectivity index (χ1v) is 10.9. The predicted octanol–water partition coefficient (Wildman–Crippen LogP) is 3.80. The van der Waals surface area contributed by atoms with Crippen molar-refractivity contribution in [2.45, 2.75) is 18.7 Å². The first-order chi connectivity index (χ1) is 15.5. The summed E-state index contributed by atoms with van der Waals surface area (Å²) in [5.41, 5.74) is 3.01. The van der Waals surface area contributed by atoms with Crippen LogP contribution in [0.1, 0.15) is 11.5 Å². The molecule has 0 bridgehead atoms. The van der Waals surface area contributed by atoms with Crippen LogP contribution in [0.2, 0.25) is 0 Å². The van der Waals surface area contributed by atoms with E-state index in [-0.39, 0.29) is 18.3 Å². The fraction of sp³-hybridized carbons (Fsp3) is 0.174. The number of amides is 3. The summed E-state index contributed by atoms with van der Waals surface area (Å²) < 4.78 is 12.1. The van der Waals surface area contributed by atoms with Crippen molar-refractivity contribution in [3.05, 3.63) is 71.5 Å². The molecular weight excluding hydrogens is 428 g/mol. The number of carbonyl (C=O) groups is 2. The molecule has 9 heteroatoms. The van der Waals surface area contributed by atoms with Gasteiger partial charge < -0.3 is 9.26 Å². The number of aromatic nitrogens is 2. The second-order valence-electron chi connectivity index (χ2n) is 7.37. The van der Waals surface area contributed by atoms with E-state index >= 15 is 0 Å². The lowest BCUT2D eigenvalue weighted by molar-refractivity contribution is -0.448. The molecule has 3 heterocycles. The topological polar surface area (TPSA) is 88.5 Å². The largest absolute Gasteiger partial charge is 0.506 e. The molecule has 0 spiro atoms. The summed E-state index contributed by atoms with van der Waals surface area (Å²) in [6, 6.07) is 14.1. The molecule has 8 nitrogen and oxygen atoms in total. The zero-order valence-corrected chi connectivity index (χ0v) is 18.2. The zero-order chi connectivity index (χ0) is 22.2. The van der Waals surface area contributed by atoms with E-state index in [1.807, 2.05) is 36.6 Å². The van der Waals surface area contributed by atoms with Crippen molar-refractivity contribution in [2.24, 2.45) is 0 Å². The van der Waals surface area contributed by atoms with Gasteiger partial charge in [-0.05, 0) is 48.7 Å². The first-order valence-electron chi connectivity index (χ1n) is 9.93. The number of benzene rings is 2. The third kappa shape index (κ3) is 3.50. The van der Waals surface area contributed by atoms with Gasteiger partial charge in [0.1, 0.15) is 17.1 Å². The zero-order valence-electron chi connectivity index (χ0n) is 17.4. The highest BCUT2D eigenvalue weighted by Crippen LogP contribution is 2.32.